The number of benzene rings is 1. The van der Waals surface area contributed by atoms with E-state index in [1.165, 1.54) is 6.07 Å². The Morgan fingerprint density at radius 3 is 2.95 bits per heavy atom. The second kappa shape index (κ2) is 5.57. The first-order valence-electron chi connectivity index (χ1n) is 6.41. The fraction of sp³-hybridized carbons (Fsp3) is 0.500. The molecule has 0 amide bonds. The molecule has 0 saturated carbocycles. The van der Waals surface area contributed by atoms with Gasteiger partial charge in [-0.05, 0) is 31.9 Å². The molecule has 104 valence electrons. The van der Waals surface area contributed by atoms with E-state index in [0.717, 1.165) is 19.0 Å². The van der Waals surface area contributed by atoms with Gasteiger partial charge in [0.05, 0.1) is 0 Å². The molecule has 1 heterocycles. The van der Waals surface area contributed by atoms with E-state index in [1.807, 2.05) is 6.92 Å². The largest absolute Gasteiger partial charge is 0.508 e. The van der Waals surface area contributed by atoms with Crippen LogP contribution in [0.2, 0.25) is 0 Å². The number of likely N-dealkylation sites (tertiary alicyclic amines) is 1. The van der Waals surface area contributed by atoms with Crippen molar-refractivity contribution in [3.8, 4) is 5.75 Å². The third-order valence-corrected chi connectivity index (χ3v) is 3.77. The fourth-order valence-electron chi connectivity index (χ4n) is 2.69. The van der Waals surface area contributed by atoms with Gasteiger partial charge in [-0.2, -0.15) is 0 Å². The van der Waals surface area contributed by atoms with Crippen molar-refractivity contribution in [1.29, 1.82) is 0 Å². The Morgan fingerprint density at radius 2 is 2.32 bits per heavy atom. The highest BCUT2D eigenvalue weighted by Gasteiger charge is 2.29. The summed E-state index contributed by atoms with van der Waals surface area (Å²) in [5.41, 5.74) is 0.678. The van der Waals surface area contributed by atoms with E-state index in [2.05, 4.69) is 4.90 Å². The molecule has 5 heteroatoms. The third-order valence-electron chi connectivity index (χ3n) is 3.77. The van der Waals surface area contributed by atoms with Gasteiger partial charge >= 0.3 is 5.97 Å². The van der Waals surface area contributed by atoms with E-state index in [1.54, 1.807) is 6.07 Å². The average Bonchev–Trinajstić information content (AvgIpc) is 2.75. The monoisotopic (exact) mass is 267 g/mol. The first kappa shape index (κ1) is 13.8. The topological polar surface area (TPSA) is 60.8 Å². The van der Waals surface area contributed by atoms with Crippen LogP contribution < -0.4 is 0 Å². The molecule has 0 aromatic heterocycles. The molecule has 2 N–H and O–H groups in total. The Kier molecular flexibility index (Phi) is 4.04. The van der Waals surface area contributed by atoms with E-state index >= 15 is 0 Å². The Labute approximate surface area is 111 Å². The summed E-state index contributed by atoms with van der Waals surface area (Å²) in [6, 6.07) is 3.98. The van der Waals surface area contributed by atoms with Gasteiger partial charge in [0, 0.05) is 30.6 Å². The number of phenols is 1. The maximum atomic E-state index is 13.0. The molecule has 0 bridgehead atoms. The lowest BCUT2D eigenvalue weighted by atomic mass is 10.0. The van der Waals surface area contributed by atoms with E-state index in [9.17, 15) is 14.3 Å². The van der Waals surface area contributed by atoms with Gasteiger partial charge < -0.3 is 10.2 Å². The van der Waals surface area contributed by atoms with Crippen molar-refractivity contribution < 1.29 is 19.4 Å². The van der Waals surface area contributed by atoms with Crippen LogP contribution in [0.3, 0.4) is 0 Å². The summed E-state index contributed by atoms with van der Waals surface area (Å²) in [7, 11) is 0. The Hall–Kier alpha value is -1.62. The maximum absolute atomic E-state index is 13.0. The molecular formula is C14H18FNO3. The zero-order chi connectivity index (χ0) is 14.0. The first-order chi connectivity index (χ1) is 8.97. The molecule has 1 saturated heterocycles. The summed E-state index contributed by atoms with van der Waals surface area (Å²) in [5.74, 6) is -1.13. The number of halogens is 1. The zero-order valence-corrected chi connectivity index (χ0v) is 10.8. The van der Waals surface area contributed by atoms with Crippen LogP contribution in [-0.2, 0) is 4.79 Å². The lowest BCUT2D eigenvalue weighted by molar-refractivity contribution is -0.138. The van der Waals surface area contributed by atoms with E-state index in [0.29, 0.717) is 12.1 Å². The normalized spacial score (nSPS) is 21.5. The van der Waals surface area contributed by atoms with Crippen LogP contribution in [0.15, 0.2) is 18.2 Å². The highest BCUT2D eigenvalue weighted by Crippen LogP contribution is 2.33. The second-order valence-electron chi connectivity index (χ2n) is 5.13. The van der Waals surface area contributed by atoms with Crippen molar-refractivity contribution in [2.75, 3.05) is 13.1 Å². The first-order valence-corrected chi connectivity index (χ1v) is 6.41. The van der Waals surface area contributed by atoms with Crippen molar-refractivity contribution in [1.82, 2.24) is 4.90 Å². The zero-order valence-electron chi connectivity index (χ0n) is 10.8. The molecule has 0 radical (unpaired) electrons. The highest BCUT2D eigenvalue weighted by molar-refractivity contribution is 5.67. The number of aromatic hydroxyl groups is 1. The minimum Gasteiger partial charge on any atom is -0.508 e. The summed E-state index contributed by atoms with van der Waals surface area (Å²) >= 11 is 0. The molecule has 2 unspecified atom stereocenters. The average molecular weight is 267 g/mol. The molecule has 1 fully saturated rings. The predicted octanol–water partition coefficient (Wildman–Crippen LogP) is 2.39. The van der Waals surface area contributed by atoms with Gasteiger partial charge in [-0.25, -0.2) is 4.39 Å². The fourth-order valence-corrected chi connectivity index (χ4v) is 2.69. The number of nitrogens with zero attached hydrogens (tertiary/aromatic N) is 1. The van der Waals surface area contributed by atoms with E-state index in [4.69, 9.17) is 5.11 Å². The van der Waals surface area contributed by atoms with Crippen molar-refractivity contribution in [2.45, 2.75) is 25.8 Å². The number of carboxylic acid groups (broad SMARTS) is 1. The van der Waals surface area contributed by atoms with Crippen LogP contribution in [0.5, 0.6) is 5.75 Å². The maximum Gasteiger partial charge on any atom is 0.303 e. The number of hydrogen-bond donors (Lipinski definition) is 2. The van der Waals surface area contributed by atoms with E-state index in [-0.39, 0.29) is 24.1 Å². The summed E-state index contributed by atoms with van der Waals surface area (Å²) in [4.78, 5) is 12.8. The Morgan fingerprint density at radius 1 is 1.58 bits per heavy atom. The van der Waals surface area contributed by atoms with Crippen LogP contribution in [0.4, 0.5) is 4.39 Å². The quantitative estimate of drug-likeness (QED) is 0.879. The molecule has 4 nitrogen and oxygen atoms in total. The standard InChI is InChI=1S/C14H18FNO3/c1-9(12-3-2-11(15)7-13(12)17)16-5-4-10(8-16)6-14(18)19/h2-3,7,9-10,17H,4-6,8H2,1H3,(H,18,19). The summed E-state index contributed by atoms with van der Waals surface area (Å²) in [6.07, 6.45) is 1.03. The van der Waals surface area contributed by atoms with Gasteiger partial charge in [-0.3, -0.25) is 9.69 Å². The molecule has 0 aliphatic carbocycles. The molecule has 0 spiro atoms. The van der Waals surface area contributed by atoms with Gasteiger partial charge in [0.25, 0.3) is 0 Å². The molecule has 19 heavy (non-hydrogen) atoms. The van der Waals surface area contributed by atoms with Gasteiger partial charge in [0.15, 0.2) is 0 Å². The summed E-state index contributed by atoms with van der Waals surface area (Å²) in [5, 5.41) is 18.6. The van der Waals surface area contributed by atoms with Crippen LogP contribution in [0.25, 0.3) is 0 Å². The molecular weight excluding hydrogens is 249 g/mol. The molecule has 1 aliphatic heterocycles. The smallest absolute Gasteiger partial charge is 0.303 e. The number of aliphatic carboxylic acids is 1. The van der Waals surface area contributed by atoms with Gasteiger partial charge in [0.2, 0.25) is 0 Å². The van der Waals surface area contributed by atoms with Crippen molar-refractivity contribution in [3.63, 3.8) is 0 Å². The van der Waals surface area contributed by atoms with Crippen molar-refractivity contribution >= 4 is 5.97 Å². The van der Waals surface area contributed by atoms with Gasteiger partial charge in [-0.15, -0.1) is 0 Å². The van der Waals surface area contributed by atoms with Crippen LogP contribution in [0, 0.1) is 11.7 Å². The molecule has 1 aliphatic rings. The Balaban J connectivity index is 2.04. The van der Waals surface area contributed by atoms with E-state index < -0.39 is 11.8 Å². The van der Waals surface area contributed by atoms with Crippen molar-refractivity contribution in [2.24, 2.45) is 5.92 Å². The van der Waals surface area contributed by atoms with Crippen LogP contribution >= 0.6 is 0 Å². The summed E-state index contributed by atoms with van der Waals surface area (Å²) in [6.45, 7) is 3.44. The molecule has 1 aromatic carbocycles. The minimum atomic E-state index is -0.774. The molecule has 2 atom stereocenters. The number of rotatable bonds is 4. The minimum absolute atomic E-state index is 0.0422. The van der Waals surface area contributed by atoms with Crippen LogP contribution in [0.1, 0.15) is 31.4 Å². The van der Waals surface area contributed by atoms with Gasteiger partial charge in [0.1, 0.15) is 11.6 Å². The van der Waals surface area contributed by atoms with Gasteiger partial charge in [-0.1, -0.05) is 6.07 Å². The predicted molar refractivity (Wildman–Crippen MR) is 68.4 cm³/mol. The van der Waals surface area contributed by atoms with Crippen LogP contribution in [-0.4, -0.2) is 34.2 Å². The Bertz CT molecular complexity index is 478. The van der Waals surface area contributed by atoms with Crippen molar-refractivity contribution in [3.05, 3.63) is 29.6 Å². The highest BCUT2D eigenvalue weighted by atomic mass is 19.1. The lowest BCUT2D eigenvalue weighted by Crippen LogP contribution is -2.25. The SMILES string of the molecule is CC(c1ccc(F)cc1O)N1CCC(CC(=O)O)C1. The lowest BCUT2D eigenvalue weighted by Gasteiger charge is -2.25. The number of carboxylic acids is 1. The third kappa shape index (κ3) is 3.23. The summed E-state index contributed by atoms with van der Waals surface area (Å²) < 4.78 is 13.0. The number of hydrogen-bond acceptors (Lipinski definition) is 3. The number of phenolic OH excluding ortho intramolecular Hbond substituents is 1. The second-order valence-corrected chi connectivity index (χ2v) is 5.13. The molecule has 2 rings (SSSR count). The number of carbonyl (C=O) groups is 1. The molecule has 1 aromatic rings.